The summed E-state index contributed by atoms with van der Waals surface area (Å²) >= 11 is 0. The predicted octanol–water partition coefficient (Wildman–Crippen LogP) is 2.53. The maximum atomic E-state index is 11.7. The molecule has 0 fully saturated rings. The SMILES string of the molecule is C#Cc1ccc2c(c1)C(=O)CC2(C)C. The van der Waals surface area contributed by atoms with E-state index in [0.29, 0.717) is 6.42 Å². The summed E-state index contributed by atoms with van der Waals surface area (Å²) in [6, 6.07) is 5.71. The second kappa shape index (κ2) is 2.72. The molecule has 0 aliphatic heterocycles. The summed E-state index contributed by atoms with van der Waals surface area (Å²) < 4.78 is 0. The van der Waals surface area contributed by atoms with Gasteiger partial charge in [-0.2, -0.15) is 0 Å². The lowest BCUT2D eigenvalue weighted by molar-refractivity contribution is 0.0979. The Kier molecular flexibility index (Phi) is 1.75. The minimum Gasteiger partial charge on any atom is -0.294 e. The highest BCUT2D eigenvalue weighted by atomic mass is 16.1. The van der Waals surface area contributed by atoms with Crippen LogP contribution in [0.2, 0.25) is 0 Å². The van der Waals surface area contributed by atoms with Crippen LogP contribution in [0.5, 0.6) is 0 Å². The first-order valence-corrected chi connectivity index (χ1v) is 4.69. The van der Waals surface area contributed by atoms with Crippen LogP contribution in [0.4, 0.5) is 0 Å². The Bertz CT molecular complexity index is 447. The van der Waals surface area contributed by atoms with Crippen LogP contribution >= 0.6 is 0 Å². The van der Waals surface area contributed by atoms with Crippen LogP contribution in [0.25, 0.3) is 0 Å². The van der Waals surface area contributed by atoms with E-state index in [9.17, 15) is 4.79 Å². The Labute approximate surface area is 84.1 Å². The lowest BCUT2D eigenvalue weighted by atomic mass is 9.86. The van der Waals surface area contributed by atoms with E-state index in [1.807, 2.05) is 18.2 Å². The molecule has 70 valence electrons. The maximum absolute atomic E-state index is 11.7. The van der Waals surface area contributed by atoms with Gasteiger partial charge in [0.25, 0.3) is 0 Å². The average molecular weight is 184 g/mol. The molecule has 0 bridgehead atoms. The number of ketones is 1. The molecule has 1 aromatic rings. The second-order valence-corrected chi connectivity index (χ2v) is 4.39. The Morgan fingerprint density at radius 2 is 2.14 bits per heavy atom. The van der Waals surface area contributed by atoms with Crippen LogP contribution in [-0.2, 0) is 5.41 Å². The van der Waals surface area contributed by atoms with Crippen molar-refractivity contribution in [2.45, 2.75) is 25.7 Å². The molecule has 1 aromatic carbocycles. The zero-order valence-electron chi connectivity index (χ0n) is 8.42. The topological polar surface area (TPSA) is 17.1 Å². The van der Waals surface area contributed by atoms with Crippen LogP contribution in [0, 0.1) is 12.3 Å². The summed E-state index contributed by atoms with van der Waals surface area (Å²) in [6.45, 7) is 4.18. The van der Waals surface area contributed by atoms with Gasteiger partial charge in [0.15, 0.2) is 5.78 Å². The van der Waals surface area contributed by atoms with Gasteiger partial charge < -0.3 is 0 Å². The van der Waals surface area contributed by atoms with Crippen LogP contribution in [0.15, 0.2) is 18.2 Å². The minimum atomic E-state index is -0.0282. The molecule has 0 radical (unpaired) electrons. The van der Waals surface area contributed by atoms with Gasteiger partial charge in [0.2, 0.25) is 0 Å². The highest BCUT2D eigenvalue weighted by Crippen LogP contribution is 2.38. The fourth-order valence-electron chi connectivity index (χ4n) is 2.05. The molecular formula is C13H12O. The normalized spacial score (nSPS) is 17.6. The van der Waals surface area contributed by atoms with Crippen molar-refractivity contribution in [1.82, 2.24) is 0 Å². The zero-order chi connectivity index (χ0) is 10.3. The summed E-state index contributed by atoms with van der Waals surface area (Å²) in [4.78, 5) is 11.7. The molecule has 0 aromatic heterocycles. The van der Waals surface area contributed by atoms with E-state index in [1.54, 1.807) is 0 Å². The van der Waals surface area contributed by atoms with Crippen molar-refractivity contribution in [2.75, 3.05) is 0 Å². The fraction of sp³-hybridized carbons (Fsp3) is 0.308. The van der Waals surface area contributed by atoms with E-state index in [0.717, 1.165) is 16.7 Å². The van der Waals surface area contributed by atoms with Gasteiger partial charge in [-0.25, -0.2) is 0 Å². The number of hydrogen-bond acceptors (Lipinski definition) is 1. The third-order valence-electron chi connectivity index (χ3n) is 2.82. The van der Waals surface area contributed by atoms with Gasteiger partial charge in [-0.1, -0.05) is 25.8 Å². The number of Topliss-reactive ketones (excluding diaryl/α,β-unsaturated/α-hetero) is 1. The Morgan fingerprint density at radius 3 is 2.79 bits per heavy atom. The molecule has 1 aliphatic carbocycles. The van der Waals surface area contributed by atoms with Crippen molar-refractivity contribution < 1.29 is 4.79 Å². The van der Waals surface area contributed by atoms with Crippen molar-refractivity contribution in [2.24, 2.45) is 0 Å². The van der Waals surface area contributed by atoms with E-state index in [-0.39, 0.29) is 11.2 Å². The number of carbonyl (C=O) groups is 1. The van der Waals surface area contributed by atoms with Gasteiger partial charge in [-0.3, -0.25) is 4.79 Å². The molecule has 1 nitrogen and oxygen atoms in total. The van der Waals surface area contributed by atoms with E-state index >= 15 is 0 Å². The van der Waals surface area contributed by atoms with Gasteiger partial charge in [-0.15, -0.1) is 6.42 Å². The Balaban J connectivity index is 2.65. The molecule has 0 N–H and O–H groups in total. The molecule has 0 heterocycles. The smallest absolute Gasteiger partial charge is 0.164 e. The van der Waals surface area contributed by atoms with Gasteiger partial charge >= 0.3 is 0 Å². The number of rotatable bonds is 0. The fourth-order valence-corrected chi connectivity index (χ4v) is 2.05. The van der Waals surface area contributed by atoms with E-state index in [4.69, 9.17) is 6.42 Å². The molecule has 0 amide bonds. The van der Waals surface area contributed by atoms with Crippen molar-refractivity contribution in [3.63, 3.8) is 0 Å². The molecule has 0 spiro atoms. The third-order valence-corrected chi connectivity index (χ3v) is 2.82. The summed E-state index contributed by atoms with van der Waals surface area (Å²) in [7, 11) is 0. The summed E-state index contributed by atoms with van der Waals surface area (Å²) in [6.07, 6.45) is 5.89. The van der Waals surface area contributed by atoms with Gasteiger partial charge in [-0.05, 0) is 23.1 Å². The summed E-state index contributed by atoms with van der Waals surface area (Å²) in [5.74, 6) is 2.76. The lowest BCUT2D eigenvalue weighted by Crippen LogP contribution is -2.12. The summed E-state index contributed by atoms with van der Waals surface area (Å²) in [5.41, 5.74) is 2.70. The van der Waals surface area contributed by atoms with E-state index in [2.05, 4.69) is 19.8 Å². The van der Waals surface area contributed by atoms with Crippen molar-refractivity contribution in [3.05, 3.63) is 34.9 Å². The molecular weight excluding hydrogens is 172 g/mol. The minimum absolute atomic E-state index is 0.0282. The molecule has 1 aliphatic rings. The average Bonchev–Trinajstić information content (AvgIpc) is 2.37. The predicted molar refractivity (Wildman–Crippen MR) is 56.4 cm³/mol. The molecule has 0 saturated heterocycles. The molecule has 2 rings (SSSR count). The van der Waals surface area contributed by atoms with Gasteiger partial charge in [0, 0.05) is 17.5 Å². The van der Waals surface area contributed by atoms with Crippen LogP contribution in [0.3, 0.4) is 0 Å². The van der Waals surface area contributed by atoms with Crippen LogP contribution < -0.4 is 0 Å². The first-order valence-electron chi connectivity index (χ1n) is 4.69. The number of carbonyl (C=O) groups excluding carboxylic acids is 1. The second-order valence-electron chi connectivity index (χ2n) is 4.39. The highest BCUT2D eigenvalue weighted by molar-refractivity contribution is 6.02. The zero-order valence-corrected chi connectivity index (χ0v) is 8.42. The lowest BCUT2D eigenvalue weighted by Gasteiger charge is -2.17. The van der Waals surface area contributed by atoms with Crippen molar-refractivity contribution in [1.29, 1.82) is 0 Å². The van der Waals surface area contributed by atoms with E-state index < -0.39 is 0 Å². The first kappa shape index (κ1) is 9.02. The quantitative estimate of drug-likeness (QED) is 0.566. The highest BCUT2D eigenvalue weighted by Gasteiger charge is 2.35. The molecule has 14 heavy (non-hydrogen) atoms. The Hall–Kier alpha value is -1.55. The third kappa shape index (κ3) is 1.15. The van der Waals surface area contributed by atoms with Gasteiger partial charge in [0.05, 0.1) is 0 Å². The molecule has 1 heteroatoms. The maximum Gasteiger partial charge on any atom is 0.164 e. The number of fused-ring (bicyclic) bond motifs is 1. The van der Waals surface area contributed by atoms with Crippen molar-refractivity contribution in [3.8, 4) is 12.3 Å². The standard InChI is InChI=1S/C13H12O/c1-4-9-5-6-11-10(7-9)12(14)8-13(11,2)3/h1,5-7H,8H2,2-3H3. The van der Waals surface area contributed by atoms with Crippen LogP contribution in [0.1, 0.15) is 41.8 Å². The summed E-state index contributed by atoms with van der Waals surface area (Å²) in [5, 5.41) is 0. The Morgan fingerprint density at radius 1 is 1.43 bits per heavy atom. The van der Waals surface area contributed by atoms with Crippen molar-refractivity contribution >= 4 is 5.78 Å². The van der Waals surface area contributed by atoms with Crippen LogP contribution in [-0.4, -0.2) is 5.78 Å². The molecule has 0 atom stereocenters. The first-order chi connectivity index (χ1) is 6.54. The largest absolute Gasteiger partial charge is 0.294 e. The number of benzene rings is 1. The molecule has 0 unspecified atom stereocenters. The van der Waals surface area contributed by atoms with Gasteiger partial charge in [0.1, 0.15) is 0 Å². The monoisotopic (exact) mass is 184 g/mol. The number of hydrogen-bond donors (Lipinski definition) is 0. The molecule has 0 saturated carbocycles. The van der Waals surface area contributed by atoms with E-state index in [1.165, 1.54) is 0 Å². The number of terminal acetylenes is 1.